The molecule has 0 spiro atoms. The van der Waals surface area contributed by atoms with Crippen molar-refractivity contribution in [3.8, 4) is 0 Å². The summed E-state index contributed by atoms with van der Waals surface area (Å²) < 4.78 is 0. The van der Waals surface area contributed by atoms with Crippen molar-refractivity contribution in [1.82, 2.24) is 15.0 Å². The smallest absolute Gasteiger partial charge is 0.227 e. The second-order valence-electron chi connectivity index (χ2n) is 2.70. The lowest BCUT2D eigenvalue weighted by atomic mass is 10.6. The summed E-state index contributed by atoms with van der Waals surface area (Å²) in [6.45, 7) is 5.36. The predicted molar refractivity (Wildman–Crippen MR) is 62.6 cm³/mol. The fourth-order valence-corrected chi connectivity index (χ4v) is 1.16. The topological polar surface area (TPSA) is 62.7 Å². The summed E-state index contributed by atoms with van der Waals surface area (Å²) in [6.07, 6.45) is 0. The normalized spacial score (nSPS) is 10.5. The van der Waals surface area contributed by atoms with Gasteiger partial charge in [-0.1, -0.05) is 23.2 Å². The monoisotopic (exact) mass is 249 g/mol. The summed E-state index contributed by atoms with van der Waals surface area (Å²) in [7, 11) is 0. The molecule has 0 saturated carbocycles. The molecule has 0 saturated heterocycles. The number of anilines is 2. The first-order valence-corrected chi connectivity index (χ1v) is 5.56. The molecule has 0 unspecified atom stereocenters. The molecule has 1 aromatic rings. The third kappa shape index (κ3) is 3.68. The van der Waals surface area contributed by atoms with Gasteiger partial charge in [-0.15, -0.1) is 0 Å². The van der Waals surface area contributed by atoms with Crippen molar-refractivity contribution in [3.05, 3.63) is 5.82 Å². The van der Waals surface area contributed by atoms with Crippen molar-refractivity contribution < 1.29 is 0 Å². The van der Waals surface area contributed by atoms with Crippen LogP contribution in [0, 0.1) is 0 Å². The van der Waals surface area contributed by atoms with Gasteiger partial charge in [0.2, 0.25) is 11.9 Å². The number of aromatic nitrogens is 3. The first-order chi connectivity index (χ1) is 7.17. The zero-order valence-corrected chi connectivity index (χ0v) is 10.1. The zero-order valence-electron chi connectivity index (χ0n) is 8.59. The minimum Gasteiger partial charge on any atom is -0.354 e. The van der Waals surface area contributed by atoms with Gasteiger partial charge in [-0.3, -0.25) is 0 Å². The summed E-state index contributed by atoms with van der Waals surface area (Å²) in [5.74, 6) is 1.30. The van der Waals surface area contributed by atoms with E-state index in [0.29, 0.717) is 17.7 Å². The van der Waals surface area contributed by atoms with E-state index in [1.54, 1.807) is 0 Å². The van der Waals surface area contributed by atoms with Gasteiger partial charge in [0.25, 0.3) is 0 Å². The fourth-order valence-electron chi connectivity index (χ4n) is 0.964. The van der Waals surface area contributed by atoms with E-state index in [4.69, 9.17) is 23.2 Å². The highest BCUT2D eigenvalue weighted by atomic mass is 35.5. The molecule has 0 aliphatic carbocycles. The Labute approximate surface area is 98.6 Å². The maximum Gasteiger partial charge on any atom is 0.227 e. The number of alkyl halides is 2. The molecule has 0 atom stereocenters. The van der Waals surface area contributed by atoms with Gasteiger partial charge in [0, 0.05) is 13.1 Å². The Bertz CT molecular complexity index is 294. The number of nitrogens with one attached hydrogen (secondary N) is 2. The largest absolute Gasteiger partial charge is 0.354 e. The van der Waals surface area contributed by atoms with E-state index in [1.807, 2.05) is 13.8 Å². The number of nitrogens with zero attached hydrogens (tertiary/aromatic N) is 3. The van der Waals surface area contributed by atoms with Crippen LogP contribution >= 0.6 is 23.2 Å². The molecule has 0 amide bonds. The highest BCUT2D eigenvalue weighted by Crippen LogP contribution is 2.22. The predicted octanol–water partition coefficient (Wildman–Crippen LogP) is 2.21. The molecule has 1 heterocycles. The van der Waals surface area contributed by atoms with E-state index in [1.165, 1.54) is 0 Å². The average molecular weight is 250 g/mol. The van der Waals surface area contributed by atoms with Crippen LogP contribution in [0.5, 0.6) is 0 Å². The standard InChI is InChI=1S/C8H13Cl2N5/c1-3-11-7-13-6(5(9)10)14-8(15-7)12-4-2/h5H,3-4H2,1-2H3,(H2,11,12,13,14,15). The Morgan fingerprint density at radius 2 is 1.47 bits per heavy atom. The van der Waals surface area contributed by atoms with Crippen molar-refractivity contribution in [1.29, 1.82) is 0 Å². The molecule has 0 fully saturated rings. The molecule has 1 rings (SSSR count). The maximum atomic E-state index is 5.70. The minimum atomic E-state index is -0.747. The zero-order chi connectivity index (χ0) is 11.3. The molecule has 0 aromatic carbocycles. The maximum absolute atomic E-state index is 5.70. The molecule has 5 nitrogen and oxygen atoms in total. The summed E-state index contributed by atoms with van der Waals surface area (Å²) in [5.41, 5.74) is 0. The van der Waals surface area contributed by atoms with Crippen molar-refractivity contribution >= 4 is 35.1 Å². The van der Waals surface area contributed by atoms with E-state index in [-0.39, 0.29) is 0 Å². The van der Waals surface area contributed by atoms with Crippen molar-refractivity contribution in [2.45, 2.75) is 18.7 Å². The van der Waals surface area contributed by atoms with Crippen LogP contribution in [0.3, 0.4) is 0 Å². The van der Waals surface area contributed by atoms with Crippen LogP contribution in [-0.4, -0.2) is 28.0 Å². The molecule has 0 aliphatic heterocycles. The van der Waals surface area contributed by atoms with Crippen molar-refractivity contribution in [2.75, 3.05) is 23.7 Å². The van der Waals surface area contributed by atoms with Gasteiger partial charge < -0.3 is 10.6 Å². The van der Waals surface area contributed by atoms with Crippen LogP contribution in [0.15, 0.2) is 0 Å². The molecule has 1 aromatic heterocycles. The van der Waals surface area contributed by atoms with E-state index in [9.17, 15) is 0 Å². The van der Waals surface area contributed by atoms with Crippen molar-refractivity contribution in [3.63, 3.8) is 0 Å². The number of rotatable bonds is 5. The van der Waals surface area contributed by atoms with Crippen LogP contribution < -0.4 is 10.6 Å². The minimum absolute atomic E-state index is 0.347. The lowest BCUT2D eigenvalue weighted by molar-refractivity contribution is 0.931. The molecule has 0 radical (unpaired) electrons. The van der Waals surface area contributed by atoms with E-state index < -0.39 is 4.84 Å². The van der Waals surface area contributed by atoms with E-state index in [2.05, 4.69) is 25.6 Å². The van der Waals surface area contributed by atoms with Crippen molar-refractivity contribution in [2.24, 2.45) is 0 Å². The first kappa shape index (κ1) is 12.3. The molecular weight excluding hydrogens is 237 g/mol. The summed E-state index contributed by atoms with van der Waals surface area (Å²) in [4.78, 5) is 11.5. The molecule has 2 N–H and O–H groups in total. The van der Waals surface area contributed by atoms with Crippen LogP contribution in [-0.2, 0) is 0 Å². The number of hydrogen-bond acceptors (Lipinski definition) is 5. The number of halogens is 2. The summed E-state index contributed by atoms with van der Waals surface area (Å²) in [5, 5.41) is 5.96. The third-order valence-electron chi connectivity index (χ3n) is 1.52. The lowest BCUT2D eigenvalue weighted by Crippen LogP contribution is -2.10. The average Bonchev–Trinajstić information content (AvgIpc) is 2.18. The molecule has 0 aliphatic rings. The SMILES string of the molecule is CCNc1nc(NCC)nc(C(Cl)Cl)n1. The fraction of sp³-hybridized carbons (Fsp3) is 0.625. The number of hydrogen-bond donors (Lipinski definition) is 2. The quantitative estimate of drug-likeness (QED) is 0.784. The summed E-state index contributed by atoms with van der Waals surface area (Å²) in [6, 6.07) is 0. The van der Waals surface area contributed by atoms with Gasteiger partial charge in [0.1, 0.15) is 0 Å². The van der Waals surface area contributed by atoms with Gasteiger partial charge in [-0.05, 0) is 13.8 Å². The van der Waals surface area contributed by atoms with E-state index >= 15 is 0 Å². The van der Waals surface area contributed by atoms with Crippen LogP contribution in [0.4, 0.5) is 11.9 Å². The van der Waals surface area contributed by atoms with Gasteiger partial charge in [0.15, 0.2) is 10.7 Å². The molecule has 0 bridgehead atoms. The highest BCUT2D eigenvalue weighted by molar-refractivity contribution is 6.43. The van der Waals surface area contributed by atoms with Crippen LogP contribution in [0.2, 0.25) is 0 Å². The molecular formula is C8H13Cl2N5. The van der Waals surface area contributed by atoms with Crippen LogP contribution in [0.25, 0.3) is 0 Å². The Hall–Kier alpha value is -0.810. The molecule has 84 valence electrons. The van der Waals surface area contributed by atoms with Gasteiger partial charge in [-0.25, -0.2) is 0 Å². The van der Waals surface area contributed by atoms with Gasteiger partial charge >= 0.3 is 0 Å². The molecule has 7 heteroatoms. The van der Waals surface area contributed by atoms with Crippen LogP contribution in [0.1, 0.15) is 24.5 Å². The van der Waals surface area contributed by atoms with Gasteiger partial charge in [0.05, 0.1) is 0 Å². The third-order valence-corrected chi connectivity index (χ3v) is 1.91. The Morgan fingerprint density at radius 1 is 1.00 bits per heavy atom. The second-order valence-corrected chi connectivity index (χ2v) is 3.80. The highest BCUT2D eigenvalue weighted by Gasteiger charge is 2.11. The summed E-state index contributed by atoms with van der Waals surface area (Å²) >= 11 is 11.4. The second kappa shape index (κ2) is 5.92. The Kier molecular flexibility index (Phi) is 4.84. The molecule has 15 heavy (non-hydrogen) atoms. The van der Waals surface area contributed by atoms with E-state index in [0.717, 1.165) is 13.1 Å². The first-order valence-electron chi connectivity index (χ1n) is 4.69. The Balaban J connectivity index is 2.97. The lowest BCUT2D eigenvalue weighted by Gasteiger charge is -2.08. The van der Waals surface area contributed by atoms with Gasteiger partial charge in [-0.2, -0.15) is 15.0 Å². The Morgan fingerprint density at radius 3 is 1.80 bits per heavy atom.